The Labute approximate surface area is 96.1 Å². The molecule has 1 aliphatic rings. The standard InChI is InChI=1S/C11H20N2OS/c1-8(2)7-12-11(14)13-9-4-5-10(6-9)15-3/h9-10H,1,4-7H2,2-3H3,(H2,12,13,14)/t9-,10+/m0/s1. The van der Waals surface area contributed by atoms with E-state index >= 15 is 0 Å². The average Bonchev–Trinajstić information content (AvgIpc) is 2.62. The fraction of sp³-hybridized carbons (Fsp3) is 0.727. The van der Waals surface area contributed by atoms with E-state index in [1.54, 1.807) is 0 Å². The Morgan fingerprint density at radius 2 is 2.27 bits per heavy atom. The molecule has 2 amide bonds. The zero-order valence-corrected chi connectivity index (χ0v) is 10.3. The van der Waals surface area contributed by atoms with E-state index in [0.29, 0.717) is 12.6 Å². The number of hydrogen-bond donors (Lipinski definition) is 2. The fourth-order valence-electron chi connectivity index (χ4n) is 1.75. The average molecular weight is 228 g/mol. The van der Waals surface area contributed by atoms with E-state index in [9.17, 15) is 4.79 Å². The first-order chi connectivity index (χ1) is 7.11. The summed E-state index contributed by atoms with van der Waals surface area (Å²) in [6.07, 6.45) is 5.55. The SMILES string of the molecule is C=C(C)CNC(=O)N[C@H]1CC[C@@H](SC)C1. The van der Waals surface area contributed by atoms with Gasteiger partial charge >= 0.3 is 6.03 Å². The molecule has 2 atom stereocenters. The minimum Gasteiger partial charge on any atom is -0.335 e. The lowest BCUT2D eigenvalue weighted by molar-refractivity contribution is 0.238. The molecule has 0 radical (unpaired) electrons. The molecule has 0 heterocycles. The van der Waals surface area contributed by atoms with Gasteiger partial charge in [0.1, 0.15) is 0 Å². The van der Waals surface area contributed by atoms with E-state index < -0.39 is 0 Å². The van der Waals surface area contributed by atoms with Crippen molar-refractivity contribution < 1.29 is 4.79 Å². The molecule has 0 aromatic carbocycles. The number of rotatable bonds is 4. The third-order valence-corrected chi connectivity index (χ3v) is 3.70. The van der Waals surface area contributed by atoms with E-state index in [2.05, 4.69) is 23.5 Å². The largest absolute Gasteiger partial charge is 0.335 e. The number of carbonyl (C=O) groups excluding carboxylic acids is 1. The summed E-state index contributed by atoms with van der Waals surface area (Å²) in [5.41, 5.74) is 0.971. The van der Waals surface area contributed by atoms with E-state index in [1.807, 2.05) is 18.7 Å². The number of nitrogens with one attached hydrogen (secondary N) is 2. The smallest absolute Gasteiger partial charge is 0.315 e. The summed E-state index contributed by atoms with van der Waals surface area (Å²) in [5.74, 6) is 0. The van der Waals surface area contributed by atoms with Crippen LogP contribution in [0.25, 0.3) is 0 Å². The van der Waals surface area contributed by atoms with Gasteiger partial charge in [0.2, 0.25) is 0 Å². The topological polar surface area (TPSA) is 41.1 Å². The lowest BCUT2D eigenvalue weighted by Crippen LogP contribution is -2.41. The molecule has 4 heteroatoms. The Balaban J connectivity index is 2.18. The Kier molecular flexibility index (Phi) is 5.02. The van der Waals surface area contributed by atoms with Gasteiger partial charge in [-0.2, -0.15) is 11.8 Å². The molecule has 2 N–H and O–H groups in total. The molecule has 86 valence electrons. The lowest BCUT2D eigenvalue weighted by atomic mass is 10.2. The highest BCUT2D eigenvalue weighted by atomic mass is 32.2. The molecular formula is C11H20N2OS. The van der Waals surface area contributed by atoms with E-state index in [1.165, 1.54) is 6.42 Å². The van der Waals surface area contributed by atoms with Crippen molar-refractivity contribution in [3.63, 3.8) is 0 Å². The van der Waals surface area contributed by atoms with Crippen LogP contribution in [0.1, 0.15) is 26.2 Å². The predicted octanol–water partition coefficient (Wildman–Crippen LogP) is 2.15. The van der Waals surface area contributed by atoms with Gasteiger partial charge in [-0.05, 0) is 32.4 Å². The molecule has 0 spiro atoms. The maximum Gasteiger partial charge on any atom is 0.315 e. The summed E-state index contributed by atoms with van der Waals surface area (Å²) in [6.45, 7) is 6.20. The van der Waals surface area contributed by atoms with Gasteiger partial charge in [-0.25, -0.2) is 4.79 Å². The monoisotopic (exact) mass is 228 g/mol. The Bertz CT molecular complexity index is 243. The second kappa shape index (κ2) is 6.05. The van der Waals surface area contributed by atoms with E-state index in [4.69, 9.17) is 0 Å². The predicted molar refractivity (Wildman–Crippen MR) is 66.3 cm³/mol. The van der Waals surface area contributed by atoms with Crippen LogP contribution in [0.15, 0.2) is 12.2 Å². The molecule has 1 aliphatic carbocycles. The van der Waals surface area contributed by atoms with Crippen molar-refractivity contribution in [1.29, 1.82) is 0 Å². The Hall–Kier alpha value is -0.640. The quantitative estimate of drug-likeness (QED) is 0.724. The van der Waals surface area contributed by atoms with Gasteiger partial charge in [0.05, 0.1) is 0 Å². The minimum absolute atomic E-state index is 0.0650. The van der Waals surface area contributed by atoms with Crippen LogP contribution in [0.4, 0.5) is 4.79 Å². The van der Waals surface area contributed by atoms with Crippen LogP contribution < -0.4 is 10.6 Å². The van der Waals surface area contributed by atoms with E-state index in [-0.39, 0.29) is 6.03 Å². The van der Waals surface area contributed by atoms with Crippen LogP contribution in [0.3, 0.4) is 0 Å². The van der Waals surface area contributed by atoms with Crippen LogP contribution in [0, 0.1) is 0 Å². The van der Waals surface area contributed by atoms with Crippen molar-refractivity contribution in [2.75, 3.05) is 12.8 Å². The maximum absolute atomic E-state index is 11.4. The zero-order valence-electron chi connectivity index (χ0n) is 9.51. The first-order valence-electron chi connectivity index (χ1n) is 5.33. The van der Waals surface area contributed by atoms with Gasteiger partial charge in [0, 0.05) is 17.8 Å². The molecule has 0 aliphatic heterocycles. The third kappa shape index (κ3) is 4.60. The van der Waals surface area contributed by atoms with Gasteiger partial charge in [-0.3, -0.25) is 0 Å². The zero-order chi connectivity index (χ0) is 11.3. The number of thioether (sulfide) groups is 1. The lowest BCUT2D eigenvalue weighted by Gasteiger charge is -2.13. The number of amides is 2. The second-order valence-electron chi connectivity index (χ2n) is 4.15. The van der Waals surface area contributed by atoms with Crippen molar-refractivity contribution in [2.45, 2.75) is 37.5 Å². The summed E-state index contributed by atoms with van der Waals surface area (Å²) in [7, 11) is 0. The van der Waals surface area contributed by atoms with Gasteiger partial charge in [-0.15, -0.1) is 0 Å². The number of urea groups is 1. The van der Waals surface area contributed by atoms with Crippen LogP contribution >= 0.6 is 11.8 Å². The second-order valence-corrected chi connectivity index (χ2v) is 5.29. The highest BCUT2D eigenvalue weighted by Gasteiger charge is 2.24. The Morgan fingerprint density at radius 1 is 1.53 bits per heavy atom. The van der Waals surface area contributed by atoms with Crippen molar-refractivity contribution in [3.8, 4) is 0 Å². The molecule has 0 saturated heterocycles. The van der Waals surface area contributed by atoms with Crippen LogP contribution in [0.2, 0.25) is 0 Å². The summed E-state index contributed by atoms with van der Waals surface area (Å²) >= 11 is 1.90. The third-order valence-electron chi connectivity index (χ3n) is 2.60. The van der Waals surface area contributed by atoms with Crippen LogP contribution in [0.5, 0.6) is 0 Å². The summed E-state index contributed by atoms with van der Waals surface area (Å²) in [6, 6.07) is 0.289. The maximum atomic E-state index is 11.4. The molecule has 1 fully saturated rings. The van der Waals surface area contributed by atoms with Crippen LogP contribution in [-0.4, -0.2) is 30.1 Å². The van der Waals surface area contributed by atoms with E-state index in [0.717, 1.165) is 23.7 Å². The summed E-state index contributed by atoms with van der Waals surface area (Å²) in [5, 5.41) is 6.50. The molecule has 3 nitrogen and oxygen atoms in total. The molecule has 0 unspecified atom stereocenters. The molecular weight excluding hydrogens is 208 g/mol. The van der Waals surface area contributed by atoms with Gasteiger partial charge in [-0.1, -0.05) is 12.2 Å². The van der Waals surface area contributed by atoms with Gasteiger partial charge in [0.25, 0.3) is 0 Å². The van der Waals surface area contributed by atoms with Crippen molar-refractivity contribution in [3.05, 3.63) is 12.2 Å². The molecule has 1 rings (SSSR count). The number of hydrogen-bond acceptors (Lipinski definition) is 2. The molecule has 15 heavy (non-hydrogen) atoms. The molecule has 1 saturated carbocycles. The highest BCUT2D eigenvalue weighted by Crippen LogP contribution is 2.27. The van der Waals surface area contributed by atoms with Crippen molar-refractivity contribution >= 4 is 17.8 Å². The Morgan fingerprint density at radius 3 is 2.80 bits per heavy atom. The van der Waals surface area contributed by atoms with Crippen molar-refractivity contribution in [2.24, 2.45) is 0 Å². The molecule has 0 aromatic heterocycles. The molecule has 0 bridgehead atoms. The van der Waals surface area contributed by atoms with Gasteiger partial charge in [0.15, 0.2) is 0 Å². The highest BCUT2D eigenvalue weighted by molar-refractivity contribution is 7.99. The minimum atomic E-state index is -0.0650. The summed E-state index contributed by atoms with van der Waals surface area (Å²) in [4.78, 5) is 11.4. The molecule has 0 aromatic rings. The first-order valence-corrected chi connectivity index (χ1v) is 6.62. The van der Waals surface area contributed by atoms with Gasteiger partial charge < -0.3 is 10.6 Å². The fourth-order valence-corrected chi connectivity index (χ4v) is 2.55. The van der Waals surface area contributed by atoms with Crippen LogP contribution in [-0.2, 0) is 0 Å². The normalized spacial score (nSPS) is 24.9. The van der Waals surface area contributed by atoms with Crippen molar-refractivity contribution in [1.82, 2.24) is 10.6 Å². The summed E-state index contributed by atoms with van der Waals surface area (Å²) < 4.78 is 0. The first kappa shape index (κ1) is 12.4. The number of carbonyl (C=O) groups is 1.